The summed E-state index contributed by atoms with van der Waals surface area (Å²) in [5, 5.41) is 9.35. The van der Waals surface area contributed by atoms with Gasteiger partial charge in [0.25, 0.3) is 0 Å². The molecule has 0 radical (unpaired) electrons. The number of likely N-dealkylation sites (N-methyl/N-ethyl adjacent to an activating group) is 1. The summed E-state index contributed by atoms with van der Waals surface area (Å²) >= 11 is 6.13. The van der Waals surface area contributed by atoms with Crippen LogP contribution in [0.2, 0.25) is 5.02 Å². The first-order valence-electron chi connectivity index (χ1n) is 13.4. The Morgan fingerprint density at radius 2 is 2.00 bits per heavy atom. The number of H-pyrrole nitrogens is 1. The highest BCUT2D eigenvalue weighted by atomic mass is 35.5. The van der Waals surface area contributed by atoms with Gasteiger partial charge in [0.15, 0.2) is 0 Å². The number of nitrogens with zero attached hydrogens (tertiary/aromatic N) is 2. The molecular weight excluding hydrogens is 532 g/mol. The highest BCUT2D eigenvalue weighted by molar-refractivity contribution is 6.30. The van der Waals surface area contributed by atoms with E-state index in [0.717, 1.165) is 29.7 Å². The number of hydrogen-bond acceptors (Lipinski definition) is 6. The van der Waals surface area contributed by atoms with E-state index in [1.807, 2.05) is 32.2 Å². The van der Waals surface area contributed by atoms with Gasteiger partial charge < -0.3 is 25.3 Å². The zero-order chi connectivity index (χ0) is 28.6. The zero-order valence-electron chi connectivity index (χ0n) is 23.0. The van der Waals surface area contributed by atoms with Crippen LogP contribution in [0.1, 0.15) is 56.5 Å². The fraction of sp³-hybridized carbons (Fsp3) is 0.379. The van der Waals surface area contributed by atoms with Gasteiger partial charge in [0, 0.05) is 48.9 Å². The van der Waals surface area contributed by atoms with E-state index in [-0.39, 0.29) is 18.2 Å². The summed E-state index contributed by atoms with van der Waals surface area (Å²) in [4.78, 5) is 46.5. The van der Waals surface area contributed by atoms with E-state index in [1.54, 1.807) is 36.3 Å². The van der Waals surface area contributed by atoms with Crippen molar-refractivity contribution in [3.05, 3.63) is 59.0 Å². The Balaban J connectivity index is 1.35. The Morgan fingerprint density at radius 1 is 1.18 bits per heavy atom. The number of rotatable bonds is 12. The molecule has 1 aromatic heterocycles. The van der Waals surface area contributed by atoms with Crippen LogP contribution in [0.25, 0.3) is 11.3 Å². The van der Waals surface area contributed by atoms with Crippen molar-refractivity contribution in [2.75, 3.05) is 36.6 Å². The standard InChI is InChI=1S/C29H35ClN6O4/c1-4-5-8-27(37)34-23-15-19(31-2)10-11-20(23)24-17-32-26(33-24)16-28(38)36(3)13-6-7-25-21-14-18(30)9-12-22(21)35-29(39)40-25/h9-12,14-15,17,25,31H,4-8,13,16H2,1-3H3,(H,32,33)(H,34,37)(H,35,39). The van der Waals surface area contributed by atoms with Gasteiger partial charge in [-0.15, -0.1) is 0 Å². The molecule has 3 aromatic rings. The van der Waals surface area contributed by atoms with E-state index in [0.29, 0.717) is 53.7 Å². The molecule has 10 nitrogen and oxygen atoms in total. The second-order valence-electron chi connectivity index (χ2n) is 9.79. The molecule has 0 aliphatic carbocycles. The van der Waals surface area contributed by atoms with E-state index in [9.17, 15) is 14.4 Å². The third-order valence-electron chi connectivity index (χ3n) is 6.81. The maximum atomic E-state index is 12.9. The lowest BCUT2D eigenvalue weighted by atomic mass is 10.0. The lowest BCUT2D eigenvalue weighted by Gasteiger charge is -2.27. The third-order valence-corrected chi connectivity index (χ3v) is 7.04. The number of unbranched alkanes of at least 4 members (excludes halogenated alkanes) is 1. The first kappa shape index (κ1) is 28.9. The summed E-state index contributed by atoms with van der Waals surface area (Å²) < 4.78 is 5.46. The molecule has 1 unspecified atom stereocenters. The Bertz CT molecular complexity index is 1370. The minimum atomic E-state index is -0.498. The van der Waals surface area contributed by atoms with Gasteiger partial charge in [-0.2, -0.15) is 0 Å². The molecule has 2 heterocycles. The fourth-order valence-corrected chi connectivity index (χ4v) is 4.73. The van der Waals surface area contributed by atoms with Gasteiger partial charge in [-0.1, -0.05) is 24.9 Å². The van der Waals surface area contributed by atoms with Crippen molar-refractivity contribution < 1.29 is 19.1 Å². The number of halogens is 1. The number of amides is 3. The van der Waals surface area contributed by atoms with Crippen LogP contribution >= 0.6 is 11.6 Å². The Labute approximate surface area is 238 Å². The van der Waals surface area contributed by atoms with Gasteiger partial charge in [0.1, 0.15) is 11.9 Å². The molecule has 4 N–H and O–H groups in total. The number of imidazole rings is 1. The lowest BCUT2D eigenvalue weighted by Crippen LogP contribution is -2.30. The number of cyclic esters (lactones) is 1. The first-order chi connectivity index (χ1) is 19.3. The highest BCUT2D eigenvalue weighted by Gasteiger charge is 2.26. The predicted octanol–water partition coefficient (Wildman–Crippen LogP) is 5.99. The number of carbonyl (C=O) groups excluding carboxylic acids is 3. The molecule has 1 atom stereocenters. The van der Waals surface area contributed by atoms with E-state index in [4.69, 9.17) is 16.3 Å². The van der Waals surface area contributed by atoms with Crippen molar-refractivity contribution in [2.24, 2.45) is 0 Å². The predicted molar refractivity (Wildman–Crippen MR) is 157 cm³/mol. The Kier molecular flexibility index (Phi) is 9.65. The van der Waals surface area contributed by atoms with Crippen LogP contribution < -0.4 is 16.0 Å². The number of nitrogens with one attached hydrogen (secondary N) is 4. The molecule has 1 aliphatic heterocycles. The maximum absolute atomic E-state index is 12.9. The average Bonchev–Trinajstić information content (AvgIpc) is 3.40. The smallest absolute Gasteiger partial charge is 0.412 e. The van der Waals surface area contributed by atoms with E-state index < -0.39 is 12.2 Å². The number of carbonyl (C=O) groups is 3. The third kappa shape index (κ3) is 7.32. The number of hydrogen-bond donors (Lipinski definition) is 4. The van der Waals surface area contributed by atoms with Gasteiger partial charge in [0.05, 0.1) is 29.7 Å². The average molecular weight is 567 g/mol. The number of anilines is 3. The zero-order valence-corrected chi connectivity index (χ0v) is 23.7. The summed E-state index contributed by atoms with van der Waals surface area (Å²) in [6, 6.07) is 11.0. The largest absolute Gasteiger partial charge is 0.441 e. The van der Waals surface area contributed by atoms with Crippen molar-refractivity contribution in [1.82, 2.24) is 14.9 Å². The number of benzene rings is 2. The molecule has 0 spiro atoms. The van der Waals surface area contributed by atoms with Crippen LogP contribution in [0.5, 0.6) is 0 Å². The highest BCUT2D eigenvalue weighted by Crippen LogP contribution is 2.35. The molecule has 40 heavy (non-hydrogen) atoms. The SMILES string of the molecule is CCCCC(=O)Nc1cc(NC)ccc1-c1cnc(CC(=O)N(C)CCCC2OC(=O)Nc3ccc(Cl)cc32)[nH]1. The van der Waals surface area contributed by atoms with Gasteiger partial charge in [0.2, 0.25) is 11.8 Å². The van der Waals surface area contributed by atoms with E-state index >= 15 is 0 Å². The van der Waals surface area contributed by atoms with Crippen LogP contribution in [0, 0.1) is 0 Å². The van der Waals surface area contributed by atoms with Crippen LogP contribution in [0.4, 0.5) is 21.9 Å². The summed E-state index contributed by atoms with van der Waals surface area (Å²) in [7, 11) is 3.56. The van der Waals surface area contributed by atoms with Crippen molar-refractivity contribution in [3.8, 4) is 11.3 Å². The lowest BCUT2D eigenvalue weighted by molar-refractivity contribution is -0.129. The minimum Gasteiger partial charge on any atom is -0.441 e. The Hall–Kier alpha value is -4.05. The molecule has 0 saturated carbocycles. The van der Waals surface area contributed by atoms with Crippen LogP contribution in [-0.4, -0.2) is 53.4 Å². The molecule has 212 valence electrons. The molecule has 0 fully saturated rings. The van der Waals surface area contributed by atoms with E-state index in [2.05, 4.69) is 25.9 Å². The molecule has 0 saturated heterocycles. The van der Waals surface area contributed by atoms with Gasteiger partial charge in [-0.05, 0) is 55.7 Å². The summed E-state index contributed by atoms with van der Waals surface area (Å²) in [5.41, 5.74) is 4.56. The van der Waals surface area contributed by atoms with Gasteiger partial charge >= 0.3 is 6.09 Å². The van der Waals surface area contributed by atoms with Crippen LogP contribution in [0.3, 0.4) is 0 Å². The summed E-state index contributed by atoms with van der Waals surface area (Å²) in [6.45, 7) is 2.54. The van der Waals surface area contributed by atoms with E-state index in [1.165, 1.54) is 0 Å². The second-order valence-corrected chi connectivity index (χ2v) is 10.2. The van der Waals surface area contributed by atoms with Crippen molar-refractivity contribution in [3.63, 3.8) is 0 Å². The van der Waals surface area contributed by atoms with Gasteiger partial charge in [-0.3, -0.25) is 14.9 Å². The maximum Gasteiger partial charge on any atom is 0.412 e. The fourth-order valence-electron chi connectivity index (χ4n) is 4.55. The van der Waals surface area contributed by atoms with Crippen LogP contribution in [-0.2, 0) is 20.7 Å². The topological polar surface area (TPSA) is 128 Å². The summed E-state index contributed by atoms with van der Waals surface area (Å²) in [5.74, 6) is 0.396. The molecule has 2 aromatic carbocycles. The second kappa shape index (κ2) is 13.3. The number of fused-ring (bicyclic) bond motifs is 1. The monoisotopic (exact) mass is 566 g/mol. The van der Waals surface area contributed by atoms with Crippen LogP contribution in [0.15, 0.2) is 42.6 Å². The normalized spacial score (nSPS) is 14.1. The molecule has 11 heteroatoms. The minimum absolute atomic E-state index is 0.0428. The molecule has 3 amide bonds. The molecule has 4 rings (SSSR count). The molecular formula is C29H35ClN6O4. The van der Waals surface area contributed by atoms with Gasteiger partial charge in [-0.25, -0.2) is 9.78 Å². The number of aromatic nitrogens is 2. The quantitative estimate of drug-likeness (QED) is 0.213. The Morgan fingerprint density at radius 3 is 2.77 bits per heavy atom. The van der Waals surface area contributed by atoms with Crippen molar-refractivity contribution in [1.29, 1.82) is 0 Å². The number of ether oxygens (including phenoxy) is 1. The first-order valence-corrected chi connectivity index (χ1v) is 13.8. The number of aromatic amines is 1. The van der Waals surface area contributed by atoms with Crippen molar-refractivity contribution in [2.45, 2.75) is 51.6 Å². The summed E-state index contributed by atoms with van der Waals surface area (Å²) in [6.07, 6.45) is 4.25. The molecule has 1 aliphatic rings. The van der Waals surface area contributed by atoms with Crippen molar-refractivity contribution >= 4 is 46.6 Å². The molecule has 0 bridgehead atoms.